The highest BCUT2D eigenvalue weighted by molar-refractivity contribution is 6.19. The van der Waals surface area contributed by atoms with E-state index >= 15 is 0 Å². The number of cyclic esters (lactones) is 1. The standard InChI is InChI=1S/C8H10BNO3/c1-4-6(12-5-2-3-5)8(9,10)13-7(4)11/h5H,2-3,10H2,1H3. The summed E-state index contributed by atoms with van der Waals surface area (Å²) in [5.74, 6) is -0.222. The molecule has 2 rings (SSSR count). The number of nitrogens with two attached hydrogens (primary N) is 1. The van der Waals surface area contributed by atoms with E-state index in [1.54, 1.807) is 6.92 Å². The summed E-state index contributed by atoms with van der Waals surface area (Å²) in [5, 5.41) is 0. The summed E-state index contributed by atoms with van der Waals surface area (Å²) in [6, 6.07) is 0. The van der Waals surface area contributed by atoms with Gasteiger partial charge in [-0.05, 0) is 19.8 Å². The monoisotopic (exact) mass is 179 g/mol. The molecule has 1 fully saturated rings. The van der Waals surface area contributed by atoms with E-state index in [1.165, 1.54) is 0 Å². The van der Waals surface area contributed by atoms with Crippen LogP contribution in [-0.2, 0) is 14.3 Å². The van der Waals surface area contributed by atoms with Gasteiger partial charge < -0.3 is 9.47 Å². The Hall–Kier alpha value is -0.965. The van der Waals surface area contributed by atoms with E-state index < -0.39 is 11.6 Å². The molecule has 2 N–H and O–H groups in total. The molecule has 0 spiro atoms. The van der Waals surface area contributed by atoms with Crippen molar-refractivity contribution in [3.05, 3.63) is 11.3 Å². The molecule has 68 valence electrons. The number of carbonyl (C=O) groups is 1. The Labute approximate surface area is 77.5 Å². The first-order chi connectivity index (χ1) is 6.00. The van der Waals surface area contributed by atoms with Gasteiger partial charge in [-0.1, -0.05) is 0 Å². The van der Waals surface area contributed by atoms with Gasteiger partial charge in [0.25, 0.3) is 0 Å². The van der Waals surface area contributed by atoms with Crippen molar-refractivity contribution in [2.24, 2.45) is 5.73 Å². The summed E-state index contributed by atoms with van der Waals surface area (Å²) in [7, 11) is 5.53. The van der Waals surface area contributed by atoms with Crippen molar-refractivity contribution in [2.75, 3.05) is 0 Å². The molecule has 2 radical (unpaired) electrons. The first-order valence-corrected chi connectivity index (χ1v) is 4.20. The smallest absolute Gasteiger partial charge is 0.338 e. The van der Waals surface area contributed by atoms with E-state index in [2.05, 4.69) is 0 Å². The average molecular weight is 179 g/mol. The summed E-state index contributed by atoms with van der Waals surface area (Å²) in [6.45, 7) is 1.60. The summed E-state index contributed by atoms with van der Waals surface area (Å²) in [4.78, 5) is 11.1. The summed E-state index contributed by atoms with van der Waals surface area (Å²) in [5.41, 5.74) is 4.34. The highest BCUT2D eigenvalue weighted by Crippen LogP contribution is 2.34. The van der Waals surface area contributed by atoms with Gasteiger partial charge in [0, 0.05) is 0 Å². The van der Waals surface area contributed by atoms with Crippen molar-refractivity contribution < 1.29 is 14.3 Å². The Kier molecular flexibility index (Phi) is 1.67. The van der Waals surface area contributed by atoms with Crippen molar-refractivity contribution in [3.63, 3.8) is 0 Å². The average Bonchev–Trinajstić information content (AvgIpc) is 2.77. The lowest BCUT2D eigenvalue weighted by atomic mass is 9.89. The first-order valence-electron chi connectivity index (χ1n) is 4.20. The quantitative estimate of drug-likeness (QED) is 0.470. The number of esters is 1. The van der Waals surface area contributed by atoms with E-state index in [9.17, 15) is 4.79 Å². The zero-order valence-corrected chi connectivity index (χ0v) is 7.37. The lowest BCUT2D eigenvalue weighted by Gasteiger charge is -2.21. The Morgan fingerprint density at radius 2 is 2.31 bits per heavy atom. The van der Waals surface area contributed by atoms with Crippen LogP contribution < -0.4 is 5.73 Å². The minimum Gasteiger partial charge on any atom is -0.489 e. The molecule has 0 bridgehead atoms. The molecule has 0 saturated heterocycles. The first kappa shape index (κ1) is 8.63. The van der Waals surface area contributed by atoms with Crippen LogP contribution in [0.1, 0.15) is 19.8 Å². The molecule has 1 aliphatic carbocycles. The molecule has 1 unspecified atom stereocenters. The van der Waals surface area contributed by atoms with E-state index in [1.807, 2.05) is 0 Å². The van der Waals surface area contributed by atoms with Gasteiger partial charge in [0.15, 0.2) is 19.2 Å². The predicted octanol–water partition coefficient (Wildman–Crippen LogP) is -0.223. The Morgan fingerprint density at radius 3 is 2.69 bits per heavy atom. The second kappa shape index (κ2) is 2.51. The van der Waals surface area contributed by atoms with Gasteiger partial charge in [-0.25, -0.2) is 4.79 Å². The molecule has 13 heavy (non-hydrogen) atoms. The summed E-state index contributed by atoms with van der Waals surface area (Å²) in [6.07, 6.45) is 2.13. The molecule has 0 aromatic carbocycles. The van der Waals surface area contributed by atoms with Crippen LogP contribution in [0.3, 0.4) is 0 Å². The van der Waals surface area contributed by atoms with E-state index in [0.29, 0.717) is 5.57 Å². The van der Waals surface area contributed by atoms with E-state index in [-0.39, 0.29) is 11.9 Å². The van der Waals surface area contributed by atoms with Gasteiger partial charge in [0.1, 0.15) is 0 Å². The van der Waals surface area contributed by atoms with E-state index in [4.69, 9.17) is 23.1 Å². The van der Waals surface area contributed by atoms with Crippen LogP contribution in [0.2, 0.25) is 0 Å². The maximum Gasteiger partial charge on any atom is 0.338 e. The van der Waals surface area contributed by atoms with Crippen molar-refractivity contribution in [3.8, 4) is 0 Å². The molecule has 1 aliphatic heterocycles. The lowest BCUT2D eigenvalue weighted by molar-refractivity contribution is -0.142. The largest absolute Gasteiger partial charge is 0.489 e. The minimum absolute atomic E-state index is 0.158. The van der Waals surface area contributed by atoms with Crippen LogP contribution in [-0.4, -0.2) is 25.5 Å². The third kappa shape index (κ3) is 1.44. The normalized spacial score (nSPS) is 33.5. The zero-order valence-electron chi connectivity index (χ0n) is 7.37. The molecule has 0 amide bonds. The van der Waals surface area contributed by atoms with Gasteiger partial charge in [-0.2, -0.15) is 0 Å². The number of hydrogen-bond donors (Lipinski definition) is 1. The molecule has 5 heteroatoms. The molecule has 1 heterocycles. The highest BCUT2D eigenvalue weighted by atomic mass is 16.6. The highest BCUT2D eigenvalue weighted by Gasteiger charge is 2.42. The molecular weight excluding hydrogens is 169 g/mol. The Balaban J connectivity index is 2.23. The number of ether oxygens (including phenoxy) is 2. The van der Waals surface area contributed by atoms with Crippen molar-refractivity contribution in [2.45, 2.75) is 31.5 Å². The van der Waals surface area contributed by atoms with Crippen LogP contribution in [0, 0.1) is 0 Å². The molecular formula is C8H10BNO3. The third-order valence-corrected chi connectivity index (χ3v) is 2.07. The predicted molar refractivity (Wildman–Crippen MR) is 45.6 cm³/mol. The van der Waals surface area contributed by atoms with Gasteiger partial charge in [0.05, 0.1) is 11.7 Å². The molecule has 1 atom stereocenters. The molecule has 1 saturated carbocycles. The van der Waals surface area contributed by atoms with Crippen LogP contribution in [0.25, 0.3) is 0 Å². The second-order valence-electron chi connectivity index (χ2n) is 3.45. The topological polar surface area (TPSA) is 61.5 Å². The number of rotatable bonds is 2. The minimum atomic E-state index is -1.57. The Morgan fingerprint density at radius 1 is 1.69 bits per heavy atom. The van der Waals surface area contributed by atoms with Crippen molar-refractivity contribution in [1.29, 1.82) is 0 Å². The zero-order chi connectivity index (χ0) is 9.64. The fraction of sp³-hybridized carbons (Fsp3) is 0.625. The fourth-order valence-electron chi connectivity index (χ4n) is 1.20. The van der Waals surface area contributed by atoms with Gasteiger partial charge in [0.2, 0.25) is 0 Å². The maximum atomic E-state index is 11.1. The van der Waals surface area contributed by atoms with E-state index in [0.717, 1.165) is 12.8 Å². The van der Waals surface area contributed by atoms with Crippen LogP contribution in [0.5, 0.6) is 0 Å². The van der Waals surface area contributed by atoms with Crippen molar-refractivity contribution in [1.82, 2.24) is 0 Å². The molecule has 0 aromatic rings. The molecule has 0 aromatic heterocycles. The lowest BCUT2D eigenvalue weighted by Crippen LogP contribution is -2.43. The fourth-order valence-corrected chi connectivity index (χ4v) is 1.20. The van der Waals surface area contributed by atoms with Crippen LogP contribution in [0.15, 0.2) is 11.3 Å². The van der Waals surface area contributed by atoms with Gasteiger partial charge in [-0.3, -0.25) is 5.73 Å². The van der Waals surface area contributed by atoms with Gasteiger partial charge in [-0.15, -0.1) is 0 Å². The van der Waals surface area contributed by atoms with Crippen molar-refractivity contribution >= 4 is 13.8 Å². The second-order valence-corrected chi connectivity index (χ2v) is 3.45. The third-order valence-electron chi connectivity index (χ3n) is 2.07. The van der Waals surface area contributed by atoms with Crippen LogP contribution >= 0.6 is 0 Å². The molecule has 4 nitrogen and oxygen atoms in total. The number of hydrogen-bond acceptors (Lipinski definition) is 4. The number of carbonyl (C=O) groups excluding carboxylic acids is 1. The maximum absolute atomic E-state index is 11.1. The van der Waals surface area contributed by atoms with Crippen LogP contribution in [0.4, 0.5) is 0 Å². The summed E-state index contributed by atoms with van der Waals surface area (Å²) < 4.78 is 10.1. The summed E-state index contributed by atoms with van der Waals surface area (Å²) >= 11 is 0. The Bertz CT molecular complexity index is 294. The SMILES string of the molecule is [B]C1(N)OC(=O)C(C)=C1OC1CC1. The van der Waals surface area contributed by atoms with Gasteiger partial charge >= 0.3 is 5.97 Å². The molecule has 2 aliphatic rings.